The van der Waals surface area contributed by atoms with Crippen molar-refractivity contribution in [3.8, 4) is 0 Å². The summed E-state index contributed by atoms with van der Waals surface area (Å²) >= 11 is -1.65. The molecule has 1 aromatic rings. The number of benzene rings is 1. The number of hydrogen-bond acceptors (Lipinski definition) is 1. The molecule has 0 aliphatic rings. The quantitative estimate of drug-likeness (QED) is 0.629. The summed E-state index contributed by atoms with van der Waals surface area (Å²) < 4.78 is 0. The molecule has 0 saturated carbocycles. The molecule has 16 heavy (non-hydrogen) atoms. The first-order chi connectivity index (χ1) is 7.65. The first kappa shape index (κ1) is 13.4. The molecule has 0 bridgehead atoms. The predicted molar refractivity (Wildman–Crippen MR) is 77.1 cm³/mol. The van der Waals surface area contributed by atoms with Gasteiger partial charge in [-0.3, -0.25) is 0 Å². The molecule has 0 aliphatic carbocycles. The Kier molecular flexibility index (Phi) is 5.13. The number of nitrogens with two attached hydrogens (primary N) is 1. The van der Waals surface area contributed by atoms with Crippen LogP contribution in [0.4, 0.5) is 5.69 Å². The second-order valence-corrected chi connectivity index (χ2v) is 15.3. The molecule has 0 aromatic heterocycles. The molecule has 0 unspecified atom stereocenters. The van der Waals surface area contributed by atoms with E-state index in [4.69, 9.17) is 5.73 Å². The van der Waals surface area contributed by atoms with Crippen molar-refractivity contribution in [1.29, 1.82) is 0 Å². The molecular weight excluding hydrogens is 255 g/mol. The molecule has 0 heterocycles. The summed E-state index contributed by atoms with van der Waals surface area (Å²) in [5, 5.41) is 4.16. The van der Waals surface area contributed by atoms with Crippen LogP contribution in [0, 0.1) is 0 Å². The van der Waals surface area contributed by atoms with E-state index in [9.17, 15) is 0 Å². The Morgan fingerprint density at radius 1 is 1.00 bits per heavy atom. The van der Waals surface area contributed by atoms with Crippen molar-refractivity contribution in [3.05, 3.63) is 34.7 Å². The molecule has 1 aromatic carbocycles. The van der Waals surface area contributed by atoms with E-state index in [-0.39, 0.29) is 0 Å². The van der Waals surface area contributed by atoms with Crippen LogP contribution < -0.4 is 5.73 Å². The van der Waals surface area contributed by atoms with Gasteiger partial charge in [0.05, 0.1) is 0 Å². The molecule has 0 radical (unpaired) electrons. The summed E-state index contributed by atoms with van der Waals surface area (Å²) in [4.78, 5) is 2.55. The summed E-state index contributed by atoms with van der Waals surface area (Å²) in [5.74, 6) is 0. The summed E-state index contributed by atoms with van der Waals surface area (Å²) in [6.07, 6.45) is 2.30. The van der Waals surface area contributed by atoms with Gasteiger partial charge in [-0.15, -0.1) is 0 Å². The number of anilines is 1. The van der Waals surface area contributed by atoms with Gasteiger partial charge in [0.15, 0.2) is 0 Å². The van der Waals surface area contributed by atoms with Gasteiger partial charge < -0.3 is 0 Å². The van der Waals surface area contributed by atoms with Crippen molar-refractivity contribution in [3.63, 3.8) is 0 Å². The van der Waals surface area contributed by atoms with Crippen molar-refractivity contribution >= 4 is 25.0 Å². The van der Waals surface area contributed by atoms with Crippen LogP contribution in [0.15, 0.2) is 29.2 Å². The standard InChI is InChI=1S/C14H23GeN/c1-4-15(5-2,6-3)12-11-13-7-9-14(16)10-8-13/h7-12H,4-6,16H2,1-3H3/b12-11+. The van der Waals surface area contributed by atoms with E-state index in [0.29, 0.717) is 0 Å². The van der Waals surface area contributed by atoms with Gasteiger partial charge >= 0.3 is 102 Å². The van der Waals surface area contributed by atoms with Crippen LogP contribution >= 0.6 is 0 Å². The number of hydrogen-bond donors (Lipinski definition) is 1. The van der Waals surface area contributed by atoms with Crippen molar-refractivity contribution < 1.29 is 0 Å². The summed E-state index contributed by atoms with van der Waals surface area (Å²) in [7, 11) is 0. The van der Waals surface area contributed by atoms with E-state index in [1.807, 2.05) is 12.1 Å². The summed E-state index contributed by atoms with van der Waals surface area (Å²) in [5.41, 5.74) is 7.79. The van der Waals surface area contributed by atoms with Gasteiger partial charge in [0.2, 0.25) is 0 Å². The predicted octanol–water partition coefficient (Wildman–Crippen LogP) is 4.33. The van der Waals surface area contributed by atoms with Gasteiger partial charge in [-0.2, -0.15) is 0 Å². The fourth-order valence-electron chi connectivity index (χ4n) is 1.98. The maximum atomic E-state index is 5.67. The maximum absolute atomic E-state index is 5.67. The zero-order chi connectivity index (χ0) is 12.0. The Morgan fingerprint density at radius 2 is 1.50 bits per heavy atom. The van der Waals surface area contributed by atoms with Crippen LogP contribution in [-0.2, 0) is 0 Å². The second-order valence-electron chi connectivity index (χ2n) is 4.42. The topological polar surface area (TPSA) is 26.0 Å². The van der Waals surface area contributed by atoms with E-state index in [2.05, 4.69) is 43.9 Å². The van der Waals surface area contributed by atoms with E-state index in [1.54, 1.807) is 0 Å². The molecule has 2 N–H and O–H groups in total. The Labute approximate surface area is 102 Å². The summed E-state index contributed by atoms with van der Waals surface area (Å²) in [6.45, 7) is 7.04. The molecule has 2 heteroatoms. The minimum atomic E-state index is -1.65. The normalized spacial score (nSPS) is 12.2. The zero-order valence-corrected chi connectivity index (χ0v) is 12.8. The third-order valence-electron chi connectivity index (χ3n) is 3.68. The van der Waals surface area contributed by atoms with Gasteiger partial charge in [0, 0.05) is 0 Å². The van der Waals surface area contributed by atoms with E-state index < -0.39 is 13.3 Å². The third kappa shape index (κ3) is 3.41. The Balaban J connectivity index is 2.82. The van der Waals surface area contributed by atoms with Crippen molar-refractivity contribution in [2.24, 2.45) is 0 Å². The molecule has 0 amide bonds. The Morgan fingerprint density at radius 3 is 1.94 bits per heavy atom. The molecule has 1 rings (SSSR count). The van der Waals surface area contributed by atoms with Crippen molar-refractivity contribution in [1.82, 2.24) is 0 Å². The van der Waals surface area contributed by atoms with Crippen molar-refractivity contribution in [2.45, 2.75) is 36.5 Å². The van der Waals surface area contributed by atoms with Gasteiger partial charge in [0.1, 0.15) is 0 Å². The number of rotatable bonds is 5. The first-order valence-corrected chi connectivity index (χ1v) is 11.9. The minimum absolute atomic E-state index is 0.839. The summed E-state index contributed by atoms with van der Waals surface area (Å²) in [6, 6.07) is 8.13. The van der Waals surface area contributed by atoms with Gasteiger partial charge in [-0.1, -0.05) is 0 Å². The average Bonchev–Trinajstić information content (AvgIpc) is 2.34. The van der Waals surface area contributed by atoms with Crippen molar-refractivity contribution in [2.75, 3.05) is 5.73 Å². The zero-order valence-electron chi connectivity index (χ0n) is 10.7. The van der Waals surface area contributed by atoms with Crippen LogP contribution in [0.1, 0.15) is 26.3 Å². The molecule has 0 aliphatic heterocycles. The van der Waals surface area contributed by atoms with E-state index in [1.165, 1.54) is 21.3 Å². The third-order valence-corrected chi connectivity index (χ3v) is 14.4. The molecule has 88 valence electrons. The molecule has 0 atom stereocenters. The molecule has 0 spiro atoms. The van der Waals surface area contributed by atoms with E-state index in [0.717, 1.165) is 5.69 Å². The van der Waals surface area contributed by atoms with Gasteiger partial charge in [0.25, 0.3) is 0 Å². The number of nitrogen functional groups attached to an aromatic ring is 1. The van der Waals surface area contributed by atoms with Crippen LogP contribution in [0.3, 0.4) is 0 Å². The SMILES string of the molecule is C[CH2][Ge](/[CH]=C/c1ccc(N)cc1)([CH2]C)[CH2]C. The van der Waals surface area contributed by atoms with Crippen LogP contribution in [0.5, 0.6) is 0 Å². The van der Waals surface area contributed by atoms with Gasteiger partial charge in [-0.25, -0.2) is 0 Å². The molecule has 0 fully saturated rings. The van der Waals surface area contributed by atoms with Crippen LogP contribution in [0.2, 0.25) is 15.8 Å². The van der Waals surface area contributed by atoms with Crippen LogP contribution in [0.25, 0.3) is 6.08 Å². The first-order valence-electron chi connectivity index (χ1n) is 6.20. The molecule has 0 saturated heterocycles. The van der Waals surface area contributed by atoms with Gasteiger partial charge in [-0.05, 0) is 0 Å². The van der Waals surface area contributed by atoms with Crippen LogP contribution in [-0.4, -0.2) is 13.3 Å². The Bertz CT molecular complexity index is 328. The molecular formula is C14H23GeN. The van der Waals surface area contributed by atoms with E-state index >= 15 is 0 Å². The fraction of sp³-hybridized carbons (Fsp3) is 0.429. The second kappa shape index (κ2) is 6.14. The molecule has 1 nitrogen and oxygen atoms in total. The monoisotopic (exact) mass is 279 g/mol. The average molecular weight is 278 g/mol. The Hall–Kier alpha value is -0.697. The fourth-order valence-corrected chi connectivity index (χ4v) is 7.76.